The van der Waals surface area contributed by atoms with E-state index in [0.717, 1.165) is 15.7 Å². The number of carbonyl (C=O) groups excluding carboxylic acids is 1. The molecule has 0 saturated carbocycles. The molecule has 1 amide bonds. The number of rotatable bonds is 4. The number of aryl methyl sites for hydroxylation is 1. The minimum atomic E-state index is -0.235. The number of halogens is 1. The van der Waals surface area contributed by atoms with E-state index in [0.29, 0.717) is 17.1 Å². The maximum Gasteiger partial charge on any atom is 0.259 e. The topological polar surface area (TPSA) is 47.6 Å². The lowest BCUT2D eigenvalue weighted by atomic mass is 10.1. The van der Waals surface area contributed by atoms with Crippen LogP contribution in [0.5, 0.6) is 11.5 Å². The first-order chi connectivity index (χ1) is 10.0. The third-order valence-electron chi connectivity index (χ3n) is 3.02. The molecule has 0 bridgehead atoms. The molecule has 0 heterocycles. The fourth-order valence-electron chi connectivity index (χ4n) is 1.91. The smallest absolute Gasteiger partial charge is 0.259 e. The highest BCUT2D eigenvalue weighted by Gasteiger charge is 2.14. The molecule has 0 spiro atoms. The maximum absolute atomic E-state index is 12.4. The van der Waals surface area contributed by atoms with Crippen LogP contribution in [0.25, 0.3) is 0 Å². The molecular weight excluding hydrogens is 334 g/mol. The minimum absolute atomic E-state index is 0.235. The van der Waals surface area contributed by atoms with Gasteiger partial charge in [-0.3, -0.25) is 4.79 Å². The van der Waals surface area contributed by atoms with Crippen molar-refractivity contribution in [1.29, 1.82) is 0 Å². The van der Waals surface area contributed by atoms with Crippen LogP contribution < -0.4 is 14.8 Å². The molecule has 4 nitrogen and oxygen atoms in total. The Bertz CT molecular complexity index is 671. The van der Waals surface area contributed by atoms with E-state index < -0.39 is 0 Å². The van der Waals surface area contributed by atoms with Gasteiger partial charge in [0.2, 0.25) is 0 Å². The van der Waals surface area contributed by atoms with E-state index in [1.54, 1.807) is 25.3 Å². The molecule has 2 aromatic rings. The van der Waals surface area contributed by atoms with E-state index in [2.05, 4.69) is 21.2 Å². The van der Waals surface area contributed by atoms with Gasteiger partial charge in [-0.2, -0.15) is 0 Å². The molecule has 0 fully saturated rings. The number of hydrogen-bond donors (Lipinski definition) is 1. The number of methoxy groups -OCH3 is 2. The monoisotopic (exact) mass is 349 g/mol. The Kier molecular flexibility index (Phi) is 4.85. The van der Waals surface area contributed by atoms with Crippen molar-refractivity contribution in [2.75, 3.05) is 19.5 Å². The summed E-state index contributed by atoms with van der Waals surface area (Å²) in [5.41, 5.74) is 2.24. The Morgan fingerprint density at radius 3 is 2.52 bits per heavy atom. The summed E-state index contributed by atoms with van der Waals surface area (Å²) in [4.78, 5) is 12.4. The van der Waals surface area contributed by atoms with Gasteiger partial charge in [-0.15, -0.1) is 0 Å². The molecule has 0 atom stereocenters. The fraction of sp³-hybridized carbons (Fsp3) is 0.188. The number of nitrogens with one attached hydrogen (secondary N) is 1. The molecule has 1 N–H and O–H groups in total. The van der Waals surface area contributed by atoms with Gasteiger partial charge in [0.25, 0.3) is 5.91 Å². The molecule has 0 aliphatic rings. The summed E-state index contributed by atoms with van der Waals surface area (Å²) >= 11 is 3.42. The van der Waals surface area contributed by atoms with Crippen LogP contribution >= 0.6 is 15.9 Å². The molecule has 0 aliphatic carbocycles. The molecule has 5 heteroatoms. The standard InChI is InChI=1S/C16H16BrNO3/c1-10-4-7-13(17)14(8-10)18-16(19)12-6-5-11(20-2)9-15(12)21-3/h4-9H,1-3H3,(H,18,19). The van der Waals surface area contributed by atoms with Crippen molar-refractivity contribution in [3.8, 4) is 11.5 Å². The van der Waals surface area contributed by atoms with E-state index in [9.17, 15) is 4.79 Å². The molecule has 2 aromatic carbocycles. The summed E-state index contributed by atoms with van der Waals surface area (Å²) in [5.74, 6) is 0.872. The summed E-state index contributed by atoms with van der Waals surface area (Å²) < 4.78 is 11.2. The van der Waals surface area contributed by atoms with Crippen molar-refractivity contribution < 1.29 is 14.3 Å². The highest BCUT2D eigenvalue weighted by atomic mass is 79.9. The van der Waals surface area contributed by atoms with Crippen LogP contribution in [0.2, 0.25) is 0 Å². The molecule has 0 aromatic heterocycles. The molecule has 110 valence electrons. The first-order valence-corrected chi connectivity index (χ1v) is 7.14. The number of amides is 1. The summed E-state index contributed by atoms with van der Waals surface area (Å²) in [6.45, 7) is 1.97. The quantitative estimate of drug-likeness (QED) is 0.906. The fourth-order valence-corrected chi connectivity index (χ4v) is 2.26. The van der Waals surface area contributed by atoms with Gasteiger partial charge >= 0.3 is 0 Å². The van der Waals surface area contributed by atoms with Gasteiger partial charge in [0.1, 0.15) is 11.5 Å². The average molecular weight is 350 g/mol. The maximum atomic E-state index is 12.4. The van der Waals surface area contributed by atoms with Gasteiger partial charge in [0, 0.05) is 10.5 Å². The molecule has 2 rings (SSSR count). The van der Waals surface area contributed by atoms with Crippen molar-refractivity contribution in [1.82, 2.24) is 0 Å². The zero-order chi connectivity index (χ0) is 15.4. The molecule has 0 radical (unpaired) electrons. The second-order valence-electron chi connectivity index (χ2n) is 4.50. The van der Waals surface area contributed by atoms with E-state index in [1.807, 2.05) is 25.1 Å². The predicted octanol–water partition coefficient (Wildman–Crippen LogP) is 4.03. The Morgan fingerprint density at radius 1 is 1.10 bits per heavy atom. The second kappa shape index (κ2) is 6.63. The first kappa shape index (κ1) is 15.4. The van der Waals surface area contributed by atoms with Crippen LogP contribution in [0, 0.1) is 6.92 Å². The van der Waals surface area contributed by atoms with Gasteiger partial charge in [0.05, 0.1) is 25.5 Å². The summed E-state index contributed by atoms with van der Waals surface area (Å²) in [6, 6.07) is 10.8. The van der Waals surface area contributed by atoms with Crippen LogP contribution in [0.1, 0.15) is 15.9 Å². The highest BCUT2D eigenvalue weighted by molar-refractivity contribution is 9.10. The van der Waals surface area contributed by atoms with Gasteiger partial charge in [-0.25, -0.2) is 0 Å². The lowest BCUT2D eigenvalue weighted by Crippen LogP contribution is -2.13. The zero-order valence-corrected chi connectivity index (χ0v) is 13.7. The Balaban J connectivity index is 2.30. The van der Waals surface area contributed by atoms with Gasteiger partial charge in [-0.05, 0) is 52.7 Å². The Labute approximate surface area is 132 Å². The number of ether oxygens (including phenoxy) is 2. The second-order valence-corrected chi connectivity index (χ2v) is 5.36. The lowest BCUT2D eigenvalue weighted by Gasteiger charge is -2.12. The normalized spacial score (nSPS) is 10.1. The van der Waals surface area contributed by atoms with Crippen LogP contribution in [-0.2, 0) is 0 Å². The summed E-state index contributed by atoms with van der Waals surface area (Å²) in [5, 5.41) is 2.87. The Hall–Kier alpha value is -2.01. The number of hydrogen-bond acceptors (Lipinski definition) is 3. The number of benzene rings is 2. The minimum Gasteiger partial charge on any atom is -0.497 e. The van der Waals surface area contributed by atoms with Crippen molar-refractivity contribution in [2.24, 2.45) is 0 Å². The highest BCUT2D eigenvalue weighted by Crippen LogP contribution is 2.28. The van der Waals surface area contributed by atoms with E-state index >= 15 is 0 Å². The van der Waals surface area contributed by atoms with Crippen LogP contribution in [0.3, 0.4) is 0 Å². The molecule has 0 unspecified atom stereocenters. The SMILES string of the molecule is COc1ccc(C(=O)Nc2cc(C)ccc2Br)c(OC)c1. The summed E-state index contributed by atoms with van der Waals surface area (Å²) in [7, 11) is 3.09. The summed E-state index contributed by atoms with van der Waals surface area (Å²) in [6.07, 6.45) is 0. The van der Waals surface area contributed by atoms with Crippen molar-refractivity contribution >= 4 is 27.5 Å². The number of carbonyl (C=O) groups is 1. The third-order valence-corrected chi connectivity index (χ3v) is 3.71. The first-order valence-electron chi connectivity index (χ1n) is 6.34. The lowest BCUT2D eigenvalue weighted by molar-refractivity contribution is 0.102. The van der Waals surface area contributed by atoms with Gasteiger partial charge in [-0.1, -0.05) is 6.07 Å². The van der Waals surface area contributed by atoms with Crippen LogP contribution in [0.15, 0.2) is 40.9 Å². The van der Waals surface area contributed by atoms with Crippen molar-refractivity contribution in [3.05, 3.63) is 52.0 Å². The van der Waals surface area contributed by atoms with E-state index in [1.165, 1.54) is 7.11 Å². The van der Waals surface area contributed by atoms with Gasteiger partial charge < -0.3 is 14.8 Å². The predicted molar refractivity (Wildman–Crippen MR) is 86.4 cm³/mol. The van der Waals surface area contributed by atoms with E-state index in [4.69, 9.17) is 9.47 Å². The average Bonchev–Trinajstić information content (AvgIpc) is 2.50. The van der Waals surface area contributed by atoms with Crippen molar-refractivity contribution in [3.63, 3.8) is 0 Å². The largest absolute Gasteiger partial charge is 0.497 e. The zero-order valence-electron chi connectivity index (χ0n) is 12.1. The number of anilines is 1. The molecule has 21 heavy (non-hydrogen) atoms. The van der Waals surface area contributed by atoms with Crippen LogP contribution in [-0.4, -0.2) is 20.1 Å². The molecule has 0 saturated heterocycles. The third kappa shape index (κ3) is 3.55. The van der Waals surface area contributed by atoms with E-state index in [-0.39, 0.29) is 5.91 Å². The van der Waals surface area contributed by atoms with Gasteiger partial charge in [0.15, 0.2) is 0 Å². The van der Waals surface area contributed by atoms with Crippen molar-refractivity contribution in [2.45, 2.75) is 6.92 Å². The molecular formula is C16H16BrNO3. The van der Waals surface area contributed by atoms with Crippen LogP contribution in [0.4, 0.5) is 5.69 Å². The molecule has 0 aliphatic heterocycles. The Morgan fingerprint density at radius 2 is 1.86 bits per heavy atom.